The van der Waals surface area contributed by atoms with Crippen molar-refractivity contribution in [3.8, 4) is 0 Å². The molecule has 7 nitrogen and oxygen atoms in total. The van der Waals surface area contributed by atoms with Crippen LogP contribution in [0.1, 0.15) is 23.2 Å². The van der Waals surface area contributed by atoms with Crippen molar-refractivity contribution in [2.75, 3.05) is 53.5 Å². The van der Waals surface area contributed by atoms with Crippen molar-refractivity contribution in [1.29, 1.82) is 0 Å². The molecule has 0 spiro atoms. The van der Waals surface area contributed by atoms with Crippen molar-refractivity contribution in [2.24, 2.45) is 0 Å². The number of rotatable bonds is 6. The number of benzene rings is 2. The molecule has 0 aromatic heterocycles. The lowest BCUT2D eigenvalue weighted by Gasteiger charge is -2.40. The standard InChI is InChI=1S/C25H34N4O3/c1-28-13-15-31-21(23(28)19-9-5-3-6-10-19)17-26-25(30)27-18-22-24(29(2)14-16-32-22)20-11-7-4-8-12-20/h3-12,21-24H,13-18H2,1-2H3,(H2,26,27,30)/t21-,22-,23-,24-/m0/s1. The normalized spacial score (nSPS) is 27.1. The summed E-state index contributed by atoms with van der Waals surface area (Å²) in [5, 5.41) is 6.01. The Morgan fingerprint density at radius 3 is 1.59 bits per heavy atom. The molecule has 4 rings (SSSR count). The zero-order chi connectivity index (χ0) is 22.3. The van der Waals surface area contributed by atoms with Gasteiger partial charge in [-0.2, -0.15) is 0 Å². The van der Waals surface area contributed by atoms with E-state index < -0.39 is 0 Å². The van der Waals surface area contributed by atoms with Crippen molar-refractivity contribution in [2.45, 2.75) is 24.3 Å². The molecule has 2 heterocycles. The number of likely N-dealkylation sites (N-methyl/N-ethyl adjacent to an activating group) is 2. The van der Waals surface area contributed by atoms with E-state index in [0.29, 0.717) is 26.3 Å². The summed E-state index contributed by atoms with van der Waals surface area (Å²) < 4.78 is 12.1. The summed E-state index contributed by atoms with van der Waals surface area (Å²) in [6.07, 6.45) is -0.202. The fourth-order valence-corrected chi connectivity index (χ4v) is 4.75. The SMILES string of the molecule is CN1CCO[C@@H](CNC(=O)NC[C@@H]2OCCN(C)[C@H]2c2ccccc2)[C@@H]1c1ccccc1. The van der Waals surface area contributed by atoms with Crippen molar-refractivity contribution in [1.82, 2.24) is 20.4 Å². The molecule has 2 saturated heterocycles. The summed E-state index contributed by atoms with van der Waals surface area (Å²) in [5.41, 5.74) is 2.40. The number of carbonyl (C=O) groups excluding carboxylic acids is 1. The fraction of sp³-hybridized carbons (Fsp3) is 0.480. The summed E-state index contributed by atoms with van der Waals surface area (Å²) in [6, 6.07) is 20.7. The second-order valence-electron chi connectivity index (χ2n) is 8.58. The maximum Gasteiger partial charge on any atom is 0.314 e. The second kappa shape index (κ2) is 10.9. The van der Waals surface area contributed by atoms with Crippen molar-refractivity contribution < 1.29 is 14.3 Å². The highest BCUT2D eigenvalue weighted by molar-refractivity contribution is 5.73. The van der Waals surface area contributed by atoms with Crippen LogP contribution in [0.2, 0.25) is 0 Å². The molecule has 2 aliphatic heterocycles. The monoisotopic (exact) mass is 438 g/mol. The minimum Gasteiger partial charge on any atom is -0.373 e. The Labute approximate surface area is 190 Å². The first-order valence-corrected chi connectivity index (χ1v) is 11.4. The van der Waals surface area contributed by atoms with E-state index >= 15 is 0 Å². The van der Waals surface area contributed by atoms with E-state index in [1.54, 1.807) is 0 Å². The molecule has 172 valence electrons. The number of morpholine rings is 2. The number of hydrogen-bond acceptors (Lipinski definition) is 5. The van der Waals surface area contributed by atoms with Gasteiger partial charge in [-0.15, -0.1) is 0 Å². The van der Waals surface area contributed by atoms with E-state index in [4.69, 9.17) is 9.47 Å². The molecule has 2 aromatic carbocycles. The van der Waals surface area contributed by atoms with E-state index in [-0.39, 0.29) is 30.3 Å². The maximum absolute atomic E-state index is 12.6. The van der Waals surface area contributed by atoms with E-state index in [2.05, 4.69) is 58.8 Å². The lowest BCUT2D eigenvalue weighted by Crippen LogP contribution is -2.52. The smallest absolute Gasteiger partial charge is 0.314 e. The lowest BCUT2D eigenvalue weighted by atomic mass is 9.98. The van der Waals surface area contributed by atoms with E-state index in [0.717, 1.165) is 13.1 Å². The van der Waals surface area contributed by atoms with Crippen LogP contribution >= 0.6 is 0 Å². The van der Waals surface area contributed by atoms with E-state index in [1.807, 2.05) is 36.4 Å². The lowest BCUT2D eigenvalue weighted by molar-refractivity contribution is -0.0620. The van der Waals surface area contributed by atoms with Gasteiger partial charge in [0.25, 0.3) is 0 Å². The first kappa shape index (κ1) is 22.7. The third-order valence-electron chi connectivity index (χ3n) is 6.42. The molecule has 0 saturated carbocycles. The zero-order valence-electron chi connectivity index (χ0n) is 18.9. The van der Waals surface area contributed by atoms with Gasteiger partial charge < -0.3 is 20.1 Å². The van der Waals surface area contributed by atoms with E-state index in [1.165, 1.54) is 11.1 Å². The summed E-state index contributed by atoms with van der Waals surface area (Å²) in [4.78, 5) is 17.2. The summed E-state index contributed by atoms with van der Waals surface area (Å²) >= 11 is 0. The number of nitrogens with one attached hydrogen (secondary N) is 2. The molecular formula is C25H34N4O3. The van der Waals surface area contributed by atoms with Crippen LogP contribution < -0.4 is 10.6 Å². The average molecular weight is 439 g/mol. The third kappa shape index (κ3) is 5.48. The van der Waals surface area contributed by atoms with Crippen LogP contribution in [0, 0.1) is 0 Å². The zero-order valence-corrected chi connectivity index (χ0v) is 18.9. The molecule has 0 radical (unpaired) electrons. The van der Waals surface area contributed by atoms with Gasteiger partial charge in [-0.1, -0.05) is 60.7 Å². The average Bonchev–Trinajstić information content (AvgIpc) is 2.82. The first-order valence-electron chi connectivity index (χ1n) is 11.4. The summed E-state index contributed by atoms with van der Waals surface area (Å²) in [6.45, 7) is 3.96. The van der Waals surface area contributed by atoms with Gasteiger partial charge in [0, 0.05) is 26.2 Å². The van der Waals surface area contributed by atoms with E-state index in [9.17, 15) is 4.79 Å². The Kier molecular flexibility index (Phi) is 7.76. The van der Waals surface area contributed by atoms with Crippen LogP contribution in [-0.2, 0) is 9.47 Å². The summed E-state index contributed by atoms with van der Waals surface area (Å²) in [5.74, 6) is 0. The maximum atomic E-state index is 12.6. The fourth-order valence-electron chi connectivity index (χ4n) is 4.75. The third-order valence-corrected chi connectivity index (χ3v) is 6.42. The molecule has 32 heavy (non-hydrogen) atoms. The van der Waals surface area contributed by atoms with Crippen LogP contribution in [0.5, 0.6) is 0 Å². The van der Waals surface area contributed by atoms with Gasteiger partial charge in [-0.25, -0.2) is 4.79 Å². The van der Waals surface area contributed by atoms with Gasteiger partial charge in [-0.05, 0) is 25.2 Å². The molecule has 4 atom stereocenters. The van der Waals surface area contributed by atoms with Crippen molar-refractivity contribution in [3.63, 3.8) is 0 Å². The number of urea groups is 1. The Morgan fingerprint density at radius 1 is 0.781 bits per heavy atom. The minimum atomic E-state index is -0.197. The summed E-state index contributed by atoms with van der Waals surface area (Å²) in [7, 11) is 4.21. The molecule has 0 unspecified atom stereocenters. The number of hydrogen-bond donors (Lipinski definition) is 2. The molecule has 7 heteroatoms. The number of ether oxygens (including phenoxy) is 2. The van der Waals surface area contributed by atoms with Crippen LogP contribution in [0.4, 0.5) is 4.79 Å². The molecule has 0 aliphatic carbocycles. The van der Waals surface area contributed by atoms with Gasteiger partial charge in [0.2, 0.25) is 0 Å². The Balaban J connectivity index is 1.32. The van der Waals surface area contributed by atoms with Crippen LogP contribution in [0.15, 0.2) is 60.7 Å². The van der Waals surface area contributed by atoms with Gasteiger partial charge in [0.15, 0.2) is 0 Å². The second-order valence-corrected chi connectivity index (χ2v) is 8.58. The number of carbonyl (C=O) groups is 1. The highest BCUT2D eigenvalue weighted by atomic mass is 16.5. The molecule has 2 amide bonds. The predicted octanol–water partition coefficient (Wildman–Crippen LogP) is 2.43. The quantitative estimate of drug-likeness (QED) is 0.725. The predicted molar refractivity (Wildman–Crippen MR) is 125 cm³/mol. The molecule has 2 fully saturated rings. The highest BCUT2D eigenvalue weighted by Crippen LogP contribution is 2.29. The topological polar surface area (TPSA) is 66.1 Å². The van der Waals surface area contributed by atoms with Gasteiger partial charge in [-0.3, -0.25) is 9.80 Å². The van der Waals surface area contributed by atoms with Crippen molar-refractivity contribution >= 4 is 6.03 Å². The Morgan fingerprint density at radius 2 is 1.19 bits per heavy atom. The molecule has 2 aromatic rings. The number of amides is 2. The molecule has 2 aliphatic rings. The molecule has 2 N–H and O–H groups in total. The van der Waals surface area contributed by atoms with Gasteiger partial charge in [0.1, 0.15) is 0 Å². The largest absolute Gasteiger partial charge is 0.373 e. The van der Waals surface area contributed by atoms with Crippen LogP contribution in [0.25, 0.3) is 0 Å². The number of nitrogens with zero attached hydrogens (tertiary/aromatic N) is 2. The molecule has 0 bridgehead atoms. The van der Waals surface area contributed by atoms with Crippen LogP contribution in [0.3, 0.4) is 0 Å². The van der Waals surface area contributed by atoms with Gasteiger partial charge in [0.05, 0.1) is 37.5 Å². The van der Waals surface area contributed by atoms with Gasteiger partial charge >= 0.3 is 6.03 Å². The minimum absolute atomic E-state index is 0.101. The highest BCUT2D eigenvalue weighted by Gasteiger charge is 2.33. The first-order chi connectivity index (χ1) is 15.6. The molecular weight excluding hydrogens is 404 g/mol. The Bertz CT molecular complexity index is 781. The Hall–Kier alpha value is -2.45. The van der Waals surface area contributed by atoms with Crippen LogP contribution in [-0.4, -0.2) is 81.5 Å². The van der Waals surface area contributed by atoms with Crippen molar-refractivity contribution in [3.05, 3.63) is 71.8 Å².